The highest BCUT2D eigenvalue weighted by Gasteiger charge is 2.30. The molecule has 0 amide bonds. The van der Waals surface area contributed by atoms with Crippen LogP contribution in [-0.2, 0) is 12.6 Å². The molecular formula is C12H11ClF3N3. The summed E-state index contributed by atoms with van der Waals surface area (Å²) in [7, 11) is 0. The Morgan fingerprint density at radius 1 is 1.32 bits per heavy atom. The molecule has 0 fully saturated rings. The highest BCUT2D eigenvalue weighted by molar-refractivity contribution is 6.34. The lowest BCUT2D eigenvalue weighted by molar-refractivity contribution is -0.137. The first-order valence-electron chi connectivity index (χ1n) is 5.56. The van der Waals surface area contributed by atoms with Crippen molar-refractivity contribution in [3.8, 4) is 0 Å². The third kappa shape index (κ3) is 3.13. The first kappa shape index (κ1) is 14.0. The van der Waals surface area contributed by atoms with Crippen molar-refractivity contribution < 1.29 is 13.2 Å². The van der Waals surface area contributed by atoms with Crippen molar-refractivity contribution in [1.82, 2.24) is 9.97 Å². The molecule has 0 aliphatic rings. The molecule has 1 unspecified atom stereocenters. The minimum Gasteiger partial charge on any atom is -0.328 e. The van der Waals surface area contributed by atoms with Gasteiger partial charge in [-0.1, -0.05) is 11.6 Å². The molecule has 3 nitrogen and oxygen atoms in total. The summed E-state index contributed by atoms with van der Waals surface area (Å²) in [5, 5.41) is 0.525. The van der Waals surface area contributed by atoms with Gasteiger partial charge < -0.3 is 5.73 Å². The van der Waals surface area contributed by atoms with Crippen molar-refractivity contribution in [2.24, 2.45) is 5.73 Å². The molecule has 0 bridgehead atoms. The number of alkyl halides is 3. The monoisotopic (exact) mass is 289 g/mol. The second-order valence-electron chi connectivity index (χ2n) is 4.34. The average molecular weight is 290 g/mol. The molecular weight excluding hydrogens is 279 g/mol. The van der Waals surface area contributed by atoms with Crippen LogP contribution in [0.4, 0.5) is 13.2 Å². The number of hydrogen-bond donors (Lipinski definition) is 1. The highest BCUT2D eigenvalue weighted by atomic mass is 35.5. The van der Waals surface area contributed by atoms with E-state index in [9.17, 15) is 13.2 Å². The van der Waals surface area contributed by atoms with Gasteiger partial charge in [-0.3, -0.25) is 0 Å². The van der Waals surface area contributed by atoms with Crippen LogP contribution in [0.2, 0.25) is 5.15 Å². The van der Waals surface area contributed by atoms with Crippen LogP contribution in [0.25, 0.3) is 10.9 Å². The van der Waals surface area contributed by atoms with Gasteiger partial charge in [0.25, 0.3) is 0 Å². The van der Waals surface area contributed by atoms with Gasteiger partial charge in [0.05, 0.1) is 11.1 Å². The summed E-state index contributed by atoms with van der Waals surface area (Å²) in [6.45, 7) is 1.76. The Balaban J connectivity index is 2.56. The van der Waals surface area contributed by atoms with E-state index in [0.717, 1.165) is 12.1 Å². The summed E-state index contributed by atoms with van der Waals surface area (Å²) in [6.07, 6.45) is -4.06. The smallest absolute Gasteiger partial charge is 0.328 e. The van der Waals surface area contributed by atoms with Crippen molar-refractivity contribution in [1.29, 1.82) is 0 Å². The zero-order valence-corrected chi connectivity index (χ0v) is 10.8. The van der Waals surface area contributed by atoms with E-state index in [4.69, 9.17) is 17.3 Å². The molecule has 7 heteroatoms. The SMILES string of the molecule is CC(N)Cc1nc(Cl)c2ccc(C(F)(F)F)cc2n1. The van der Waals surface area contributed by atoms with Gasteiger partial charge >= 0.3 is 6.18 Å². The molecule has 19 heavy (non-hydrogen) atoms. The van der Waals surface area contributed by atoms with Crippen molar-refractivity contribution in [3.05, 3.63) is 34.7 Å². The fourth-order valence-electron chi connectivity index (χ4n) is 1.69. The first-order chi connectivity index (χ1) is 8.77. The number of nitrogens with zero attached hydrogens (tertiary/aromatic N) is 2. The topological polar surface area (TPSA) is 51.8 Å². The van der Waals surface area contributed by atoms with E-state index in [0.29, 0.717) is 17.6 Å². The number of benzene rings is 1. The van der Waals surface area contributed by atoms with Crippen molar-refractivity contribution in [3.63, 3.8) is 0 Å². The molecule has 0 radical (unpaired) electrons. The number of halogens is 4. The van der Waals surface area contributed by atoms with E-state index in [2.05, 4.69) is 9.97 Å². The zero-order chi connectivity index (χ0) is 14.2. The fourth-order valence-corrected chi connectivity index (χ4v) is 1.95. The number of hydrogen-bond acceptors (Lipinski definition) is 3. The average Bonchev–Trinajstić information content (AvgIpc) is 2.26. The van der Waals surface area contributed by atoms with E-state index >= 15 is 0 Å². The Kier molecular flexibility index (Phi) is 3.64. The molecule has 0 saturated heterocycles. The van der Waals surface area contributed by atoms with Crippen LogP contribution in [0.3, 0.4) is 0 Å². The van der Waals surface area contributed by atoms with Crippen molar-refractivity contribution in [2.75, 3.05) is 0 Å². The number of fused-ring (bicyclic) bond motifs is 1. The molecule has 2 N–H and O–H groups in total. The van der Waals surface area contributed by atoms with Crippen LogP contribution in [0.15, 0.2) is 18.2 Å². The summed E-state index contributed by atoms with van der Waals surface area (Å²) in [6, 6.07) is 3.01. The highest BCUT2D eigenvalue weighted by Crippen LogP contribution is 2.32. The van der Waals surface area contributed by atoms with Gasteiger partial charge in [0.15, 0.2) is 0 Å². The maximum atomic E-state index is 12.6. The van der Waals surface area contributed by atoms with Crippen molar-refractivity contribution >= 4 is 22.5 Å². The largest absolute Gasteiger partial charge is 0.416 e. The molecule has 1 heterocycles. The molecule has 102 valence electrons. The van der Waals surface area contributed by atoms with E-state index in [1.807, 2.05) is 0 Å². The van der Waals surface area contributed by atoms with Gasteiger partial charge in [-0.25, -0.2) is 9.97 Å². The molecule has 1 atom stereocenters. The van der Waals surface area contributed by atoms with Crippen LogP contribution in [0, 0.1) is 0 Å². The Labute approximate surface area is 112 Å². The maximum Gasteiger partial charge on any atom is 0.416 e. The minimum atomic E-state index is -4.41. The summed E-state index contributed by atoms with van der Waals surface area (Å²) in [4.78, 5) is 8.10. The molecule has 2 aromatic rings. The third-order valence-electron chi connectivity index (χ3n) is 2.53. The lowest BCUT2D eigenvalue weighted by atomic mass is 10.1. The van der Waals surface area contributed by atoms with E-state index in [1.165, 1.54) is 6.07 Å². The quantitative estimate of drug-likeness (QED) is 0.864. The summed E-state index contributed by atoms with van der Waals surface area (Å²) in [5.74, 6) is 0.340. The van der Waals surface area contributed by atoms with Crippen LogP contribution in [0.5, 0.6) is 0 Å². The Morgan fingerprint density at radius 3 is 2.58 bits per heavy atom. The van der Waals surface area contributed by atoms with Gasteiger partial charge in [0.1, 0.15) is 11.0 Å². The first-order valence-corrected chi connectivity index (χ1v) is 5.94. The standard InChI is InChI=1S/C12H11ClF3N3/c1-6(17)4-10-18-9-5-7(12(14,15)16)2-3-8(9)11(13)19-10/h2-3,5-6H,4,17H2,1H3. The molecule has 2 rings (SSSR count). The summed E-state index contributed by atoms with van der Waals surface area (Å²) >= 11 is 5.94. The van der Waals surface area contributed by atoms with Gasteiger partial charge in [-0.15, -0.1) is 0 Å². The molecule has 0 spiro atoms. The van der Waals surface area contributed by atoms with E-state index in [1.54, 1.807) is 6.92 Å². The number of rotatable bonds is 2. The maximum absolute atomic E-state index is 12.6. The van der Waals surface area contributed by atoms with Gasteiger partial charge in [0, 0.05) is 17.8 Å². The Morgan fingerprint density at radius 2 is 2.00 bits per heavy atom. The van der Waals surface area contributed by atoms with E-state index < -0.39 is 11.7 Å². The normalized spacial score (nSPS) is 13.8. The Bertz CT molecular complexity index is 611. The minimum absolute atomic E-state index is 0.134. The molecule has 1 aromatic carbocycles. The zero-order valence-electron chi connectivity index (χ0n) is 10.0. The summed E-state index contributed by atoms with van der Waals surface area (Å²) in [5.41, 5.74) is 5.02. The lowest BCUT2D eigenvalue weighted by Gasteiger charge is -2.10. The number of nitrogens with two attached hydrogens (primary N) is 1. The second-order valence-corrected chi connectivity index (χ2v) is 4.70. The molecule has 1 aromatic heterocycles. The molecule has 0 saturated carbocycles. The van der Waals surface area contributed by atoms with Crippen LogP contribution in [-0.4, -0.2) is 16.0 Å². The second kappa shape index (κ2) is 4.94. The third-order valence-corrected chi connectivity index (χ3v) is 2.82. The van der Waals surface area contributed by atoms with Crippen LogP contribution in [0.1, 0.15) is 18.3 Å². The number of aromatic nitrogens is 2. The van der Waals surface area contributed by atoms with Gasteiger partial charge in [-0.2, -0.15) is 13.2 Å². The lowest BCUT2D eigenvalue weighted by Crippen LogP contribution is -2.19. The van der Waals surface area contributed by atoms with Gasteiger partial charge in [0.2, 0.25) is 0 Å². The Hall–Kier alpha value is -1.40. The predicted molar refractivity (Wildman–Crippen MR) is 66.9 cm³/mol. The fraction of sp³-hybridized carbons (Fsp3) is 0.333. The van der Waals surface area contributed by atoms with Crippen LogP contribution < -0.4 is 5.73 Å². The summed E-state index contributed by atoms with van der Waals surface area (Å²) < 4.78 is 37.9. The molecule has 0 aliphatic carbocycles. The molecule has 0 aliphatic heterocycles. The predicted octanol–water partition coefficient (Wildman–Crippen LogP) is 3.19. The van der Waals surface area contributed by atoms with Gasteiger partial charge in [-0.05, 0) is 25.1 Å². The van der Waals surface area contributed by atoms with Crippen molar-refractivity contribution in [2.45, 2.75) is 25.6 Å². The van der Waals surface area contributed by atoms with E-state index in [-0.39, 0.29) is 16.7 Å². The van der Waals surface area contributed by atoms with Crippen LogP contribution >= 0.6 is 11.6 Å².